The molecule has 3 aliphatic heterocycles. The van der Waals surface area contributed by atoms with Crippen molar-refractivity contribution in [3.63, 3.8) is 0 Å². The van der Waals surface area contributed by atoms with Gasteiger partial charge >= 0.3 is 0 Å². The lowest BCUT2D eigenvalue weighted by atomic mass is 9.79. The Balaban J connectivity index is 1.86. The van der Waals surface area contributed by atoms with Gasteiger partial charge in [0.25, 0.3) is 0 Å². The largest absolute Gasteiger partial charge is 0.303 e. The number of nitrogens with one attached hydrogen (secondary N) is 1. The second-order valence-corrected chi connectivity index (χ2v) is 3.98. The van der Waals surface area contributed by atoms with Gasteiger partial charge < -0.3 is 4.90 Å². The third-order valence-corrected chi connectivity index (χ3v) is 3.24. The second-order valence-electron chi connectivity index (χ2n) is 3.98. The van der Waals surface area contributed by atoms with Crippen LogP contribution in [0.15, 0.2) is 12.3 Å². The molecule has 0 aliphatic carbocycles. The summed E-state index contributed by atoms with van der Waals surface area (Å²) in [5.41, 5.74) is 2.76. The van der Waals surface area contributed by atoms with E-state index < -0.39 is 0 Å². The molecule has 1 N–H and O–H groups in total. The molecule has 0 radical (unpaired) electrons. The molecule has 3 aliphatic rings. The van der Waals surface area contributed by atoms with Crippen molar-refractivity contribution in [2.45, 2.75) is 12.8 Å². The van der Waals surface area contributed by atoms with Gasteiger partial charge in [-0.15, -0.1) is 0 Å². The molecule has 1 unspecified atom stereocenters. The number of piperidine rings is 3. The Labute approximate surface area is 79.7 Å². The predicted molar refractivity (Wildman–Crippen MR) is 51.9 cm³/mol. The van der Waals surface area contributed by atoms with Crippen molar-refractivity contribution in [3.05, 3.63) is 12.3 Å². The molecule has 13 heavy (non-hydrogen) atoms. The Morgan fingerprint density at radius 1 is 1.38 bits per heavy atom. The predicted octanol–water partition coefficient (Wildman–Crippen LogP) is 0.993. The minimum absolute atomic E-state index is 0.741. The topological polar surface area (TPSA) is 24.5 Å². The highest BCUT2D eigenvalue weighted by Gasteiger charge is 2.32. The Morgan fingerprint density at radius 2 is 2.15 bits per heavy atom. The lowest BCUT2D eigenvalue weighted by Crippen LogP contribution is -2.46. The monoisotopic (exact) mass is 182 g/mol. The third kappa shape index (κ3) is 2.03. The van der Waals surface area contributed by atoms with Crippen molar-refractivity contribution < 1.29 is 4.84 Å². The summed E-state index contributed by atoms with van der Waals surface area (Å²) in [5.74, 6) is 1.66. The Kier molecular flexibility index (Phi) is 2.86. The van der Waals surface area contributed by atoms with Crippen LogP contribution in [0.4, 0.5) is 0 Å². The molecule has 0 saturated carbocycles. The number of hydroxylamine groups is 1. The quantitative estimate of drug-likeness (QED) is 0.659. The highest BCUT2D eigenvalue weighted by Crippen LogP contribution is 2.32. The SMILES string of the molecule is CONC=CC1CN2CCC1CC2. The van der Waals surface area contributed by atoms with Crippen LogP contribution < -0.4 is 5.48 Å². The van der Waals surface area contributed by atoms with E-state index in [0.29, 0.717) is 0 Å². The summed E-state index contributed by atoms with van der Waals surface area (Å²) in [7, 11) is 1.64. The number of hydrogen-bond acceptors (Lipinski definition) is 3. The molecule has 0 spiro atoms. The fourth-order valence-electron chi connectivity index (χ4n) is 2.46. The Bertz CT molecular complexity index is 185. The zero-order valence-corrected chi connectivity index (χ0v) is 8.20. The molecule has 0 aromatic rings. The van der Waals surface area contributed by atoms with Crippen molar-refractivity contribution in [1.29, 1.82) is 0 Å². The molecule has 1 atom stereocenters. The summed E-state index contributed by atoms with van der Waals surface area (Å²) in [4.78, 5) is 7.32. The van der Waals surface area contributed by atoms with Gasteiger partial charge in [0, 0.05) is 12.7 Å². The molecular formula is C10H18N2O. The molecule has 74 valence electrons. The van der Waals surface area contributed by atoms with E-state index in [1.54, 1.807) is 7.11 Å². The lowest BCUT2D eigenvalue weighted by Gasteiger charge is -2.43. The van der Waals surface area contributed by atoms with Gasteiger partial charge in [0.15, 0.2) is 0 Å². The molecule has 0 amide bonds. The first kappa shape index (κ1) is 9.03. The maximum Gasteiger partial charge on any atom is 0.0636 e. The van der Waals surface area contributed by atoms with Gasteiger partial charge in [-0.2, -0.15) is 0 Å². The molecule has 3 fully saturated rings. The van der Waals surface area contributed by atoms with E-state index in [1.807, 2.05) is 6.20 Å². The molecule has 3 heterocycles. The van der Waals surface area contributed by atoms with Crippen molar-refractivity contribution in [1.82, 2.24) is 10.4 Å². The third-order valence-electron chi connectivity index (χ3n) is 3.24. The van der Waals surface area contributed by atoms with Crippen molar-refractivity contribution in [2.24, 2.45) is 11.8 Å². The first-order valence-corrected chi connectivity index (χ1v) is 5.07. The van der Waals surface area contributed by atoms with Crippen LogP contribution in [0.5, 0.6) is 0 Å². The minimum Gasteiger partial charge on any atom is -0.303 e. The Hall–Kier alpha value is -0.540. The van der Waals surface area contributed by atoms with Gasteiger partial charge in [0.1, 0.15) is 0 Å². The fraction of sp³-hybridized carbons (Fsp3) is 0.800. The highest BCUT2D eigenvalue weighted by molar-refractivity contribution is 4.97. The molecule has 3 heteroatoms. The second kappa shape index (κ2) is 4.11. The van der Waals surface area contributed by atoms with Crippen LogP contribution >= 0.6 is 0 Å². The van der Waals surface area contributed by atoms with E-state index in [9.17, 15) is 0 Å². The normalized spacial score (nSPS) is 38.4. The zero-order valence-electron chi connectivity index (χ0n) is 8.20. The van der Waals surface area contributed by atoms with Crippen LogP contribution in [0.25, 0.3) is 0 Å². The van der Waals surface area contributed by atoms with Crippen molar-refractivity contribution >= 4 is 0 Å². The van der Waals surface area contributed by atoms with Crippen molar-refractivity contribution in [3.8, 4) is 0 Å². The van der Waals surface area contributed by atoms with E-state index in [2.05, 4.69) is 16.5 Å². The smallest absolute Gasteiger partial charge is 0.0636 e. The molecule has 2 bridgehead atoms. The summed E-state index contributed by atoms with van der Waals surface area (Å²) < 4.78 is 0. The van der Waals surface area contributed by atoms with Gasteiger partial charge in [-0.3, -0.25) is 10.3 Å². The fourth-order valence-corrected chi connectivity index (χ4v) is 2.46. The van der Waals surface area contributed by atoms with Crippen molar-refractivity contribution in [2.75, 3.05) is 26.7 Å². The summed E-state index contributed by atoms with van der Waals surface area (Å²) in [6, 6.07) is 0. The standard InChI is InChI=1S/C10H18N2O/c1-13-11-5-2-10-8-12-6-3-9(10)4-7-12/h2,5,9-11H,3-4,6-8H2,1H3. The van der Waals surface area contributed by atoms with Gasteiger partial charge in [-0.1, -0.05) is 6.08 Å². The highest BCUT2D eigenvalue weighted by atomic mass is 16.6. The van der Waals surface area contributed by atoms with Gasteiger partial charge in [-0.25, -0.2) is 0 Å². The maximum absolute atomic E-state index is 4.76. The zero-order chi connectivity index (χ0) is 9.10. The average molecular weight is 182 g/mol. The van der Waals surface area contributed by atoms with E-state index in [4.69, 9.17) is 4.84 Å². The maximum atomic E-state index is 4.76. The van der Waals surface area contributed by atoms with Gasteiger partial charge in [-0.05, 0) is 37.8 Å². The average Bonchev–Trinajstić information content (AvgIpc) is 2.20. The number of rotatable bonds is 3. The van der Waals surface area contributed by atoms with Gasteiger partial charge in [0.05, 0.1) is 7.11 Å². The van der Waals surface area contributed by atoms with Crippen LogP contribution in [0.2, 0.25) is 0 Å². The van der Waals surface area contributed by atoms with E-state index in [1.165, 1.54) is 32.5 Å². The van der Waals surface area contributed by atoms with E-state index in [-0.39, 0.29) is 0 Å². The van der Waals surface area contributed by atoms with Crippen LogP contribution in [-0.4, -0.2) is 31.6 Å². The number of nitrogens with zero attached hydrogens (tertiary/aromatic N) is 1. The molecule has 3 nitrogen and oxygen atoms in total. The van der Waals surface area contributed by atoms with Crippen LogP contribution in [0.1, 0.15) is 12.8 Å². The van der Waals surface area contributed by atoms with Gasteiger partial charge in [0.2, 0.25) is 0 Å². The first-order valence-electron chi connectivity index (χ1n) is 5.07. The summed E-state index contributed by atoms with van der Waals surface area (Å²) in [5, 5.41) is 0. The van der Waals surface area contributed by atoms with Crippen LogP contribution in [0.3, 0.4) is 0 Å². The van der Waals surface area contributed by atoms with Crippen LogP contribution in [-0.2, 0) is 4.84 Å². The summed E-state index contributed by atoms with van der Waals surface area (Å²) in [6.45, 7) is 3.87. The lowest BCUT2D eigenvalue weighted by molar-refractivity contribution is 0.0718. The summed E-state index contributed by atoms with van der Waals surface area (Å²) in [6.07, 6.45) is 6.93. The molecular weight excluding hydrogens is 164 g/mol. The number of fused-ring (bicyclic) bond motifs is 3. The first-order chi connectivity index (χ1) is 6.40. The summed E-state index contributed by atoms with van der Waals surface area (Å²) >= 11 is 0. The van der Waals surface area contributed by atoms with E-state index >= 15 is 0 Å². The van der Waals surface area contributed by atoms with Crippen LogP contribution in [0, 0.1) is 11.8 Å². The van der Waals surface area contributed by atoms with E-state index in [0.717, 1.165) is 11.8 Å². The number of hydrogen-bond donors (Lipinski definition) is 1. The molecule has 3 rings (SSSR count). The molecule has 0 aromatic carbocycles. The minimum atomic E-state index is 0.741. The molecule has 0 aromatic heterocycles. The Morgan fingerprint density at radius 3 is 2.69 bits per heavy atom. The molecule has 3 saturated heterocycles.